The first-order valence-corrected chi connectivity index (χ1v) is 11.2. The molecule has 0 saturated carbocycles. The summed E-state index contributed by atoms with van der Waals surface area (Å²) in [5.41, 5.74) is 7.94. The molecule has 2 aliphatic rings. The van der Waals surface area contributed by atoms with Gasteiger partial charge in [-0.2, -0.15) is 0 Å². The minimum atomic E-state index is -1.23. The Morgan fingerprint density at radius 1 is 1.06 bits per heavy atom. The van der Waals surface area contributed by atoms with Gasteiger partial charge in [0.1, 0.15) is 23.2 Å². The van der Waals surface area contributed by atoms with E-state index in [4.69, 9.17) is 10.8 Å². The summed E-state index contributed by atoms with van der Waals surface area (Å²) in [7, 11) is 0. The molecular formula is C23H21N3O6S. The van der Waals surface area contributed by atoms with E-state index in [0.29, 0.717) is 16.9 Å². The average Bonchev–Trinajstić information content (AvgIpc) is 2.82. The second-order valence-electron chi connectivity index (χ2n) is 7.72. The molecule has 3 atom stereocenters. The molecular weight excluding hydrogens is 446 g/mol. The molecule has 2 aliphatic heterocycles. The van der Waals surface area contributed by atoms with E-state index in [1.807, 2.05) is 0 Å². The third-order valence-corrected chi connectivity index (χ3v) is 6.95. The number of amides is 2. The Bertz CT molecular complexity index is 1150. The van der Waals surface area contributed by atoms with Gasteiger partial charge in [-0.05, 0) is 35.3 Å². The predicted molar refractivity (Wildman–Crippen MR) is 120 cm³/mol. The van der Waals surface area contributed by atoms with Crippen LogP contribution >= 0.6 is 11.8 Å². The number of hydrogen-bond acceptors (Lipinski definition) is 6. The van der Waals surface area contributed by atoms with E-state index in [2.05, 4.69) is 5.32 Å². The molecule has 1 saturated heterocycles. The quantitative estimate of drug-likeness (QED) is 0.446. The van der Waals surface area contributed by atoms with E-state index < -0.39 is 41.2 Å². The van der Waals surface area contributed by atoms with Crippen LogP contribution in [0.2, 0.25) is 0 Å². The molecule has 2 heterocycles. The van der Waals surface area contributed by atoms with Crippen molar-refractivity contribution in [3.05, 3.63) is 82.6 Å². The Hall–Kier alpha value is -3.63. The molecule has 0 radical (unpaired) electrons. The van der Waals surface area contributed by atoms with E-state index >= 15 is 0 Å². The molecule has 0 aromatic heterocycles. The number of rotatable bonds is 7. The number of carboxylic acid groups (broad SMARTS) is 2. The topological polar surface area (TPSA) is 150 Å². The Balaban J connectivity index is 1.49. The van der Waals surface area contributed by atoms with Crippen LogP contribution in [0.15, 0.2) is 65.9 Å². The fraction of sp³-hybridized carbons (Fsp3) is 0.217. The maximum Gasteiger partial charge on any atom is 0.352 e. The summed E-state index contributed by atoms with van der Waals surface area (Å²) in [5.74, 6) is -2.93. The predicted octanol–water partition coefficient (Wildman–Crippen LogP) is 1.37. The Labute approximate surface area is 193 Å². The molecule has 4 rings (SSSR count). The molecule has 5 N–H and O–H groups in total. The summed E-state index contributed by atoms with van der Waals surface area (Å²) in [6, 6.07) is 13.1. The first-order chi connectivity index (χ1) is 15.8. The van der Waals surface area contributed by atoms with Gasteiger partial charge >= 0.3 is 11.9 Å². The fourth-order valence-corrected chi connectivity index (χ4v) is 5.23. The van der Waals surface area contributed by atoms with Crippen molar-refractivity contribution in [2.24, 2.45) is 5.73 Å². The van der Waals surface area contributed by atoms with E-state index in [0.717, 1.165) is 5.56 Å². The number of β-lactam (4-membered cyclic amide) rings is 1. The second kappa shape index (κ2) is 9.08. The zero-order chi connectivity index (χ0) is 23.7. The van der Waals surface area contributed by atoms with Crippen molar-refractivity contribution in [2.45, 2.75) is 23.9 Å². The van der Waals surface area contributed by atoms with E-state index in [1.54, 1.807) is 42.5 Å². The summed E-state index contributed by atoms with van der Waals surface area (Å²) >= 11 is 1.37. The summed E-state index contributed by atoms with van der Waals surface area (Å²) in [5, 5.41) is 21.0. The zero-order valence-corrected chi connectivity index (χ0v) is 18.1. The smallest absolute Gasteiger partial charge is 0.352 e. The molecule has 0 spiro atoms. The lowest BCUT2D eigenvalue weighted by Gasteiger charge is -2.49. The minimum absolute atomic E-state index is 0.0936. The third-order valence-electron chi connectivity index (χ3n) is 5.61. The SMILES string of the molecule is N[C@@H](C(=O)N[C@@H]1C(=O)N2C(C(=O)O)=C(Cc3ccc(C(=O)O)cc3)CS[C@H]12)c1ccccc1. The Morgan fingerprint density at radius 3 is 2.33 bits per heavy atom. The molecule has 0 bridgehead atoms. The van der Waals surface area contributed by atoms with Gasteiger partial charge in [-0.3, -0.25) is 14.5 Å². The molecule has 33 heavy (non-hydrogen) atoms. The van der Waals surface area contributed by atoms with Crippen LogP contribution in [-0.2, 0) is 20.8 Å². The number of nitrogens with zero attached hydrogens (tertiary/aromatic N) is 1. The van der Waals surface area contributed by atoms with E-state index in [1.165, 1.54) is 28.8 Å². The molecule has 9 nitrogen and oxygen atoms in total. The van der Waals surface area contributed by atoms with Crippen molar-refractivity contribution in [1.29, 1.82) is 0 Å². The number of benzene rings is 2. The highest BCUT2D eigenvalue weighted by molar-refractivity contribution is 8.00. The van der Waals surface area contributed by atoms with Gasteiger partial charge in [-0.15, -0.1) is 11.8 Å². The van der Waals surface area contributed by atoms with Crippen LogP contribution in [0.5, 0.6) is 0 Å². The number of nitrogens with two attached hydrogens (primary N) is 1. The van der Waals surface area contributed by atoms with Gasteiger partial charge < -0.3 is 21.3 Å². The number of carbonyl (C=O) groups is 4. The number of carboxylic acids is 2. The molecule has 0 aliphatic carbocycles. The van der Waals surface area contributed by atoms with Crippen LogP contribution in [0, 0.1) is 0 Å². The highest BCUT2D eigenvalue weighted by atomic mass is 32.2. The van der Waals surface area contributed by atoms with Gasteiger partial charge in [-0.25, -0.2) is 9.59 Å². The van der Waals surface area contributed by atoms with Gasteiger partial charge in [0.2, 0.25) is 5.91 Å². The van der Waals surface area contributed by atoms with Gasteiger partial charge in [0.05, 0.1) is 5.56 Å². The van der Waals surface area contributed by atoms with Gasteiger partial charge in [0.25, 0.3) is 5.91 Å². The molecule has 1 fully saturated rings. The molecule has 0 unspecified atom stereocenters. The zero-order valence-electron chi connectivity index (χ0n) is 17.3. The third kappa shape index (κ3) is 4.35. The van der Waals surface area contributed by atoms with Crippen LogP contribution in [0.1, 0.15) is 27.5 Å². The molecule has 2 aromatic rings. The maximum atomic E-state index is 12.8. The lowest BCUT2D eigenvalue weighted by Crippen LogP contribution is -2.71. The lowest BCUT2D eigenvalue weighted by molar-refractivity contribution is -0.150. The number of hydrogen-bond donors (Lipinski definition) is 4. The number of thioether (sulfide) groups is 1. The fourth-order valence-electron chi connectivity index (χ4n) is 3.89. The van der Waals surface area contributed by atoms with Gasteiger partial charge in [0.15, 0.2) is 0 Å². The van der Waals surface area contributed by atoms with Crippen molar-refractivity contribution in [1.82, 2.24) is 10.2 Å². The minimum Gasteiger partial charge on any atom is -0.478 e. The largest absolute Gasteiger partial charge is 0.478 e. The Morgan fingerprint density at radius 2 is 1.73 bits per heavy atom. The maximum absolute atomic E-state index is 12.8. The first kappa shape index (κ1) is 22.6. The number of fused-ring (bicyclic) bond motifs is 1. The van der Waals surface area contributed by atoms with Crippen LogP contribution in [0.4, 0.5) is 0 Å². The van der Waals surface area contributed by atoms with Crippen LogP contribution in [0.25, 0.3) is 0 Å². The van der Waals surface area contributed by atoms with E-state index in [9.17, 15) is 24.3 Å². The monoisotopic (exact) mass is 467 g/mol. The highest BCUT2D eigenvalue weighted by Crippen LogP contribution is 2.41. The molecule has 10 heteroatoms. The van der Waals surface area contributed by atoms with Crippen LogP contribution in [-0.4, -0.2) is 56.0 Å². The summed E-state index contributed by atoms with van der Waals surface area (Å²) in [4.78, 5) is 49.6. The summed E-state index contributed by atoms with van der Waals surface area (Å²) in [6.45, 7) is 0. The Kier molecular flexibility index (Phi) is 6.21. The van der Waals surface area contributed by atoms with E-state index in [-0.39, 0.29) is 17.7 Å². The standard InChI is InChI=1S/C23H21N3O6S/c24-16(13-4-2-1-3-5-13)19(27)25-17-20(28)26-18(23(31)32)15(11-33-21(17)26)10-12-6-8-14(9-7-12)22(29)30/h1-9,16-17,21H,10-11,24H2,(H,25,27)(H,29,30)(H,31,32)/t16-,17-,21-/m1/s1. The molecule has 2 amide bonds. The second-order valence-corrected chi connectivity index (χ2v) is 8.83. The van der Waals surface area contributed by atoms with Crippen molar-refractivity contribution in [3.63, 3.8) is 0 Å². The number of aromatic carboxylic acids is 1. The number of nitrogens with one attached hydrogen (secondary N) is 1. The number of carbonyl (C=O) groups excluding carboxylic acids is 2. The average molecular weight is 468 g/mol. The molecule has 170 valence electrons. The van der Waals surface area contributed by atoms with Crippen molar-refractivity contribution in [3.8, 4) is 0 Å². The highest BCUT2D eigenvalue weighted by Gasteiger charge is 2.54. The van der Waals surface area contributed by atoms with Gasteiger partial charge in [0, 0.05) is 5.75 Å². The van der Waals surface area contributed by atoms with Crippen LogP contribution < -0.4 is 11.1 Å². The number of aliphatic carboxylic acids is 1. The van der Waals surface area contributed by atoms with Crippen molar-refractivity contribution < 1.29 is 29.4 Å². The first-order valence-electron chi connectivity index (χ1n) is 10.1. The lowest BCUT2D eigenvalue weighted by atomic mass is 9.98. The van der Waals surface area contributed by atoms with Crippen molar-refractivity contribution in [2.75, 3.05) is 5.75 Å². The van der Waals surface area contributed by atoms with Crippen molar-refractivity contribution >= 4 is 35.5 Å². The summed E-state index contributed by atoms with van der Waals surface area (Å²) < 4.78 is 0. The molecule has 2 aromatic carbocycles. The van der Waals surface area contributed by atoms with Gasteiger partial charge in [-0.1, -0.05) is 42.5 Å². The summed E-state index contributed by atoms with van der Waals surface area (Å²) in [6.07, 6.45) is 0.265. The normalized spacial score (nSPS) is 20.5. The van der Waals surface area contributed by atoms with Crippen LogP contribution in [0.3, 0.4) is 0 Å².